The zero-order valence-electron chi connectivity index (χ0n) is 6.49. The molecule has 1 fully saturated rings. The van der Waals surface area contributed by atoms with Crippen LogP contribution in [-0.2, 0) is 16.0 Å². The van der Waals surface area contributed by atoms with Gasteiger partial charge in [-0.15, -0.1) is 0 Å². The predicted molar refractivity (Wildman–Crippen MR) is 49.9 cm³/mol. The van der Waals surface area contributed by atoms with Crippen molar-refractivity contribution in [1.82, 2.24) is 4.90 Å². The summed E-state index contributed by atoms with van der Waals surface area (Å²) in [7, 11) is 0. The van der Waals surface area contributed by atoms with Crippen molar-refractivity contribution in [3.05, 3.63) is 11.8 Å². The Bertz CT molecular complexity index is 268. The van der Waals surface area contributed by atoms with Crippen LogP contribution in [-0.4, -0.2) is 24.9 Å². The molecule has 2 aliphatic heterocycles. The first kappa shape index (κ1) is 8.59. The Morgan fingerprint density at radius 3 is 3.08 bits per heavy atom. The molecule has 0 spiro atoms. The Hall–Kier alpha value is -0.0000000000000000555. The van der Waals surface area contributed by atoms with E-state index in [0.717, 1.165) is 5.57 Å². The van der Waals surface area contributed by atoms with Crippen LogP contribution in [0.3, 0.4) is 0 Å². The molecule has 2 heterocycles. The molecule has 1 saturated heterocycles. The van der Waals surface area contributed by atoms with Crippen molar-refractivity contribution in [2.24, 2.45) is 0 Å². The number of carbonyl (C=O) groups excluding carboxylic acids is 1. The van der Waals surface area contributed by atoms with Gasteiger partial charge < -0.3 is 4.55 Å². The molecule has 2 unspecified atom stereocenters. The number of carbonyl (C=O) groups is 1. The molecule has 3 atom stereocenters. The number of nitrogens with zero attached hydrogens (tertiary/aromatic N) is 1. The molecule has 0 aliphatic carbocycles. The Morgan fingerprint density at radius 2 is 2.50 bits per heavy atom. The summed E-state index contributed by atoms with van der Waals surface area (Å²) in [5, 5.41) is -0.0782. The van der Waals surface area contributed by atoms with Crippen LogP contribution in [0.2, 0.25) is 0 Å². The lowest BCUT2D eigenvalue weighted by Crippen LogP contribution is -2.57. The largest absolute Gasteiger partial charge is 0.614 e. The predicted octanol–water partition coefficient (Wildman–Crippen LogP) is 0.932. The van der Waals surface area contributed by atoms with E-state index in [1.165, 1.54) is 0 Å². The summed E-state index contributed by atoms with van der Waals surface area (Å²) in [6.07, 6.45) is 2.22. The van der Waals surface area contributed by atoms with Gasteiger partial charge in [0.05, 0.1) is 6.42 Å². The summed E-state index contributed by atoms with van der Waals surface area (Å²) in [4.78, 5) is 12.6. The summed E-state index contributed by atoms with van der Waals surface area (Å²) in [6, 6.07) is 0. The van der Waals surface area contributed by atoms with Gasteiger partial charge in [0.1, 0.15) is 0 Å². The molecule has 0 bridgehead atoms. The lowest BCUT2D eigenvalue weighted by molar-refractivity contribution is -0.138. The third kappa shape index (κ3) is 1.03. The fraction of sp³-hybridized carbons (Fsp3) is 0.571. The van der Waals surface area contributed by atoms with Crippen LogP contribution < -0.4 is 0 Å². The summed E-state index contributed by atoms with van der Waals surface area (Å²) in [5.74, 6) is 0.0760. The average Bonchev–Trinajstić information content (AvgIpc) is 2.05. The maximum absolute atomic E-state index is 11.6. The second kappa shape index (κ2) is 2.75. The first-order valence-electron chi connectivity index (χ1n) is 3.64. The number of hydrogen-bond donors (Lipinski definition) is 0. The smallest absolute Gasteiger partial charge is 0.237 e. The molecule has 1 amide bonds. The van der Waals surface area contributed by atoms with Gasteiger partial charge in [-0.3, -0.25) is 9.69 Å². The highest BCUT2D eigenvalue weighted by Crippen LogP contribution is 2.37. The molecule has 12 heavy (non-hydrogen) atoms. The number of amides is 1. The fourth-order valence-corrected chi connectivity index (χ4v) is 3.63. The maximum Gasteiger partial charge on any atom is 0.237 e. The minimum Gasteiger partial charge on any atom is -0.614 e. The van der Waals surface area contributed by atoms with Gasteiger partial charge in [0.2, 0.25) is 11.3 Å². The quantitative estimate of drug-likeness (QED) is 0.364. The molecule has 0 aromatic rings. The van der Waals surface area contributed by atoms with Crippen molar-refractivity contribution in [2.75, 3.05) is 0 Å². The molecule has 5 heteroatoms. The highest BCUT2D eigenvalue weighted by molar-refractivity contribution is 9.11. The second-order valence-corrected chi connectivity index (χ2v) is 6.17. The summed E-state index contributed by atoms with van der Waals surface area (Å²) in [5.41, 5.74) is 0.956. The lowest BCUT2D eigenvalue weighted by Gasteiger charge is -2.43. The van der Waals surface area contributed by atoms with Crippen LogP contribution >= 0.6 is 15.9 Å². The molecule has 3 nitrogen and oxygen atoms in total. The first-order valence-corrected chi connectivity index (χ1v) is 5.83. The Kier molecular flexibility index (Phi) is 1.97. The van der Waals surface area contributed by atoms with Gasteiger partial charge in [0.25, 0.3) is 0 Å². The van der Waals surface area contributed by atoms with Gasteiger partial charge in [0, 0.05) is 11.8 Å². The highest BCUT2D eigenvalue weighted by atomic mass is 79.9. The third-order valence-corrected chi connectivity index (χ3v) is 5.66. The molecule has 0 radical (unpaired) electrons. The molecule has 66 valence electrons. The van der Waals surface area contributed by atoms with Crippen molar-refractivity contribution in [1.29, 1.82) is 0 Å². The van der Waals surface area contributed by atoms with Crippen molar-refractivity contribution in [2.45, 2.75) is 22.9 Å². The van der Waals surface area contributed by atoms with E-state index in [4.69, 9.17) is 0 Å². The number of halogens is 1. The molecule has 0 N–H and O–H groups in total. The highest BCUT2D eigenvalue weighted by Gasteiger charge is 2.49. The summed E-state index contributed by atoms with van der Waals surface area (Å²) < 4.78 is 11.5. The summed E-state index contributed by atoms with van der Waals surface area (Å²) >= 11 is 2.36. The monoisotopic (exact) mass is 249 g/mol. The zero-order chi connectivity index (χ0) is 8.88. The van der Waals surface area contributed by atoms with Gasteiger partial charge in [0.15, 0.2) is 4.16 Å². The van der Waals surface area contributed by atoms with Gasteiger partial charge in [-0.2, -0.15) is 0 Å². The van der Waals surface area contributed by atoms with Crippen molar-refractivity contribution < 1.29 is 9.35 Å². The zero-order valence-corrected chi connectivity index (χ0v) is 8.89. The van der Waals surface area contributed by atoms with Gasteiger partial charge in [-0.05, 0) is 34.0 Å². The molecule has 0 aromatic heterocycles. The molecule has 0 saturated carbocycles. The van der Waals surface area contributed by atoms with Gasteiger partial charge >= 0.3 is 0 Å². The lowest BCUT2D eigenvalue weighted by atomic mass is 10.2. The van der Waals surface area contributed by atoms with Gasteiger partial charge in [-0.25, -0.2) is 0 Å². The van der Waals surface area contributed by atoms with E-state index in [1.807, 2.05) is 6.92 Å². The fourth-order valence-electron chi connectivity index (χ4n) is 1.35. The minimum atomic E-state index is -0.970. The molecule has 2 aliphatic rings. The van der Waals surface area contributed by atoms with E-state index in [-0.39, 0.29) is 15.4 Å². The molecular weight excluding hydrogens is 242 g/mol. The Morgan fingerprint density at radius 1 is 1.83 bits per heavy atom. The third-order valence-electron chi connectivity index (χ3n) is 2.12. The van der Waals surface area contributed by atoms with E-state index in [2.05, 4.69) is 15.9 Å². The van der Waals surface area contributed by atoms with Gasteiger partial charge in [-0.1, -0.05) is 0 Å². The summed E-state index contributed by atoms with van der Waals surface area (Å²) in [6.45, 7) is 1.87. The van der Waals surface area contributed by atoms with Crippen molar-refractivity contribution in [3.63, 3.8) is 0 Å². The number of β-lactam (4-membered cyclic amide) rings is 1. The van der Waals surface area contributed by atoms with E-state index in [0.29, 0.717) is 6.42 Å². The first-order chi connectivity index (χ1) is 5.61. The maximum atomic E-state index is 11.6. The van der Waals surface area contributed by atoms with E-state index < -0.39 is 11.2 Å². The number of alkyl halides is 1. The van der Waals surface area contributed by atoms with Crippen LogP contribution in [0.1, 0.15) is 13.3 Å². The van der Waals surface area contributed by atoms with Crippen LogP contribution in [0, 0.1) is 0 Å². The van der Waals surface area contributed by atoms with E-state index in [9.17, 15) is 9.35 Å². The van der Waals surface area contributed by atoms with Crippen LogP contribution in [0.15, 0.2) is 11.8 Å². The van der Waals surface area contributed by atoms with E-state index in [1.54, 1.807) is 11.1 Å². The Balaban J connectivity index is 2.27. The number of hydrogen-bond acceptors (Lipinski definition) is 2. The van der Waals surface area contributed by atoms with Crippen LogP contribution in [0.5, 0.6) is 0 Å². The van der Waals surface area contributed by atoms with Crippen molar-refractivity contribution >= 4 is 33.0 Å². The standard InChI is InChI=1S/C7H8BrNO2S/c1-4-3-9-5(10)2-6(9)12(11)7(4)8/h3,6-7H,2H2,1H3/t6-,7?,12?/m0/s1. The molecular formula is C7H8BrNO2S. The number of fused-ring (bicyclic) bond motifs is 1. The topological polar surface area (TPSA) is 43.4 Å². The number of rotatable bonds is 0. The van der Waals surface area contributed by atoms with Crippen LogP contribution in [0.4, 0.5) is 0 Å². The average molecular weight is 250 g/mol. The normalized spacial score (nSPS) is 40.2. The van der Waals surface area contributed by atoms with Crippen molar-refractivity contribution in [3.8, 4) is 0 Å². The molecule has 2 rings (SSSR count). The molecule has 0 aromatic carbocycles. The second-order valence-electron chi connectivity index (χ2n) is 2.98. The van der Waals surface area contributed by atoms with E-state index >= 15 is 0 Å². The van der Waals surface area contributed by atoms with Crippen LogP contribution in [0.25, 0.3) is 0 Å². The SMILES string of the molecule is CC1=CN2C(=O)C[C@@H]2[S+]([O-])C1Br. The Labute approximate surface area is 82.1 Å². The minimum absolute atomic E-state index is 0.0760.